The summed E-state index contributed by atoms with van der Waals surface area (Å²) < 4.78 is 38.6. The van der Waals surface area contributed by atoms with Crippen molar-refractivity contribution in [1.82, 2.24) is 25.0 Å². The van der Waals surface area contributed by atoms with Gasteiger partial charge in [0.05, 0.1) is 0 Å². The molecule has 4 rings (SSSR count). The van der Waals surface area contributed by atoms with Gasteiger partial charge in [-0.25, -0.2) is 0 Å². The Hall–Kier alpha value is -2.47. The lowest BCUT2D eigenvalue weighted by atomic mass is 10.0. The van der Waals surface area contributed by atoms with Crippen LogP contribution in [0.1, 0.15) is 36.4 Å². The lowest BCUT2D eigenvalue weighted by Crippen LogP contribution is -2.47. The van der Waals surface area contributed by atoms with Crippen LogP contribution in [-0.4, -0.2) is 82.7 Å². The molecule has 12 heteroatoms. The van der Waals surface area contributed by atoms with Gasteiger partial charge in [0.1, 0.15) is 10.7 Å². The predicted octanol–water partition coefficient (Wildman–Crippen LogP) is 3.27. The number of aryl methyl sites for hydroxylation is 1. The predicted molar refractivity (Wildman–Crippen MR) is 125 cm³/mol. The summed E-state index contributed by atoms with van der Waals surface area (Å²) in [7, 11) is 0. The number of likely N-dealkylation sites (tertiary alicyclic amines) is 1. The summed E-state index contributed by atoms with van der Waals surface area (Å²) in [5, 5.41) is 13.4. The van der Waals surface area contributed by atoms with E-state index in [-0.39, 0.29) is 11.9 Å². The molecule has 0 radical (unpaired) electrons. The van der Waals surface area contributed by atoms with Crippen molar-refractivity contribution < 1.29 is 18.0 Å². The zero-order valence-corrected chi connectivity index (χ0v) is 20.0. The van der Waals surface area contributed by atoms with Crippen molar-refractivity contribution in [1.29, 1.82) is 0 Å². The van der Waals surface area contributed by atoms with Crippen LogP contribution in [0, 0.1) is 6.92 Å². The number of piperidine rings is 1. The summed E-state index contributed by atoms with van der Waals surface area (Å²) in [6, 6.07) is 2.62. The summed E-state index contributed by atoms with van der Waals surface area (Å²) in [4.78, 5) is 22.5. The third-order valence-electron chi connectivity index (χ3n) is 6.29. The quantitative estimate of drug-likeness (QED) is 0.629. The van der Waals surface area contributed by atoms with Gasteiger partial charge in [-0.05, 0) is 44.9 Å². The Labute approximate surface area is 201 Å². The second-order valence-corrected chi connectivity index (χ2v) is 9.92. The molecule has 186 valence electrons. The topological polar surface area (TPSA) is 77.5 Å². The van der Waals surface area contributed by atoms with Gasteiger partial charge in [0, 0.05) is 63.6 Å². The molecular formula is C22H30F3N7OS. The van der Waals surface area contributed by atoms with Crippen LogP contribution in [0.15, 0.2) is 18.3 Å². The van der Waals surface area contributed by atoms with Gasteiger partial charge in [0.15, 0.2) is 0 Å². The molecule has 0 aromatic carbocycles. The van der Waals surface area contributed by atoms with E-state index in [2.05, 4.69) is 30.3 Å². The first-order valence-electron chi connectivity index (χ1n) is 11.6. The fraction of sp³-hybridized carbons (Fsp3) is 0.636. The molecule has 2 saturated heterocycles. The molecule has 0 saturated carbocycles. The maximum absolute atomic E-state index is 12.9. The Morgan fingerprint density at radius 1 is 1.15 bits per heavy atom. The van der Waals surface area contributed by atoms with Crippen molar-refractivity contribution in [2.75, 3.05) is 56.0 Å². The first-order valence-corrected chi connectivity index (χ1v) is 12.4. The number of halogens is 3. The molecule has 4 heterocycles. The number of alkyl halides is 3. The first kappa shape index (κ1) is 24.6. The number of hydrogen-bond donors (Lipinski definition) is 1. The summed E-state index contributed by atoms with van der Waals surface area (Å²) >= 11 is 1.62. The molecule has 2 aromatic rings. The molecule has 1 N–H and O–H groups in total. The van der Waals surface area contributed by atoms with E-state index in [0.29, 0.717) is 38.0 Å². The second kappa shape index (κ2) is 10.9. The number of carbonyl (C=O) groups excluding carboxylic acids is 1. The van der Waals surface area contributed by atoms with Crippen LogP contribution in [0.4, 0.5) is 24.0 Å². The average molecular weight is 498 g/mol. The van der Waals surface area contributed by atoms with E-state index in [9.17, 15) is 18.0 Å². The van der Waals surface area contributed by atoms with E-state index < -0.39 is 11.9 Å². The van der Waals surface area contributed by atoms with Crippen molar-refractivity contribution >= 4 is 28.1 Å². The molecule has 0 spiro atoms. The van der Waals surface area contributed by atoms with Crippen molar-refractivity contribution in [3.8, 4) is 0 Å². The maximum atomic E-state index is 12.9. The Morgan fingerprint density at radius 2 is 1.88 bits per heavy atom. The summed E-state index contributed by atoms with van der Waals surface area (Å²) in [5.74, 6) is 0.157. The highest BCUT2D eigenvalue weighted by Gasteiger charge is 2.32. The van der Waals surface area contributed by atoms with Gasteiger partial charge in [-0.2, -0.15) is 13.2 Å². The molecule has 1 amide bonds. The van der Waals surface area contributed by atoms with E-state index in [1.807, 2.05) is 11.8 Å². The maximum Gasteiger partial charge on any atom is 0.433 e. The van der Waals surface area contributed by atoms with Gasteiger partial charge in [-0.3, -0.25) is 14.7 Å². The number of rotatable bonds is 7. The smallest absolute Gasteiger partial charge is 0.382 e. The fourth-order valence-corrected chi connectivity index (χ4v) is 5.11. The van der Waals surface area contributed by atoms with Crippen LogP contribution >= 0.6 is 11.3 Å². The van der Waals surface area contributed by atoms with Crippen molar-refractivity contribution in [2.24, 2.45) is 0 Å². The molecule has 0 unspecified atom stereocenters. The first-order chi connectivity index (χ1) is 16.3. The molecule has 0 aliphatic carbocycles. The minimum absolute atomic E-state index is 0.0423. The third kappa shape index (κ3) is 6.56. The van der Waals surface area contributed by atoms with E-state index in [4.69, 9.17) is 0 Å². The fourth-order valence-electron chi connectivity index (χ4n) is 4.37. The molecule has 0 atom stereocenters. The Bertz CT molecular complexity index is 954. The molecule has 2 aromatic heterocycles. The number of hydrogen-bond acceptors (Lipinski definition) is 8. The zero-order chi connectivity index (χ0) is 24.1. The molecular weight excluding hydrogens is 467 g/mol. The third-order valence-corrected chi connectivity index (χ3v) is 7.19. The molecule has 2 fully saturated rings. The monoisotopic (exact) mass is 497 g/mol. The van der Waals surface area contributed by atoms with E-state index >= 15 is 0 Å². The highest BCUT2D eigenvalue weighted by atomic mass is 32.1. The number of amides is 1. The number of nitrogens with zero attached hydrogens (tertiary/aromatic N) is 6. The summed E-state index contributed by atoms with van der Waals surface area (Å²) in [6.07, 6.45) is -0.524. The van der Waals surface area contributed by atoms with Gasteiger partial charge in [0.25, 0.3) is 0 Å². The number of pyridine rings is 1. The lowest BCUT2D eigenvalue weighted by molar-refractivity contribution is -0.141. The Morgan fingerprint density at radius 3 is 2.53 bits per heavy atom. The van der Waals surface area contributed by atoms with E-state index in [0.717, 1.165) is 55.4 Å². The van der Waals surface area contributed by atoms with Crippen LogP contribution in [0.2, 0.25) is 0 Å². The minimum atomic E-state index is -4.46. The van der Waals surface area contributed by atoms with Gasteiger partial charge in [-0.15, -0.1) is 10.2 Å². The van der Waals surface area contributed by atoms with Gasteiger partial charge < -0.3 is 15.1 Å². The standard InChI is InChI=1S/C22H30F3N7OS/c1-16-28-29-21(34-16)32-13-11-30(12-14-32)8-2-3-20(33)31-9-5-17(6-10-31)27-18-4-7-26-19(15-18)22(23,24)25/h4,7,15,17H,2-3,5-6,8-14H2,1H3,(H,26,27). The van der Waals surface area contributed by atoms with Gasteiger partial charge >= 0.3 is 6.18 Å². The molecule has 2 aliphatic rings. The number of anilines is 2. The highest BCUT2D eigenvalue weighted by molar-refractivity contribution is 7.15. The van der Waals surface area contributed by atoms with Crippen LogP contribution in [0.25, 0.3) is 0 Å². The second-order valence-electron chi connectivity index (χ2n) is 8.76. The van der Waals surface area contributed by atoms with Crippen LogP contribution < -0.4 is 10.2 Å². The number of aromatic nitrogens is 3. The normalized spacial score (nSPS) is 18.4. The Balaban J connectivity index is 1.13. The van der Waals surface area contributed by atoms with Crippen molar-refractivity contribution in [3.05, 3.63) is 29.0 Å². The number of nitrogens with one attached hydrogen (secondary N) is 1. The van der Waals surface area contributed by atoms with E-state index in [1.165, 1.54) is 6.20 Å². The average Bonchev–Trinajstić information content (AvgIpc) is 3.26. The largest absolute Gasteiger partial charge is 0.433 e. The molecule has 8 nitrogen and oxygen atoms in total. The molecule has 0 bridgehead atoms. The van der Waals surface area contributed by atoms with Crippen molar-refractivity contribution in [3.63, 3.8) is 0 Å². The van der Waals surface area contributed by atoms with Crippen LogP contribution in [-0.2, 0) is 11.0 Å². The summed E-state index contributed by atoms with van der Waals surface area (Å²) in [6.45, 7) is 7.85. The highest BCUT2D eigenvalue weighted by Crippen LogP contribution is 2.29. The van der Waals surface area contributed by atoms with Crippen LogP contribution in [0.3, 0.4) is 0 Å². The number of carbonyl (C=O) groups is 1. The molecule has 34 heavy (non-hydrogen) atoms. The zero-order valence-electron chi connectivity index (χ0n) is 19.2. The van der Waals surface area contributed by atoms with E-state index in [1.54, 1.807) is 17.4 Å². The van der Waals surface area contributed by atoms with Gasteiger partial charge in [-0.1, -0.05) is 11.3 Å². The molecule has 2 aliphatic heterocycles. The SMILES string of the molecule is Cc1nnc(N2CCN(CCCC(=O)N3CCC(Nc4ccnc(C(F)(F)F)c4)CC3)CC2)s1. The number of piperazine rings is 1. The lowest BCUT2D eigenvalue weighted by Gasteiger charge is -2.35. The minimum Gasteiger partial charge on any atom is -0.382 e. The Kier molecular flexibility index (Phi) is 7.87. The van der Waals surface area contributed by atoms with Crippen molar-refractivity contribution in [2.45, 2.75) is 44.8 Å². The summed E-state index contributed by atoms with van der Waals surface area (Å²) in [5.41, 5.74) is -0.490. The van der Waals surface area contributed by atoms with Gasteiger partial charge in [0.2, 0.25) is 11.0 Å². The van der Waals surface area contributed by atoms with Crippen LogP contribution in [0.5, 0.6) is 0 Å².